The Labute approximate surface area is 152 Å². The highest BCUT2D eigenvalue weighted by Gasteiger charge is 2.18. The third-order valence-electron chi connectivity index (χ3n) is 3.83. The molecule has 25 heavy (non-hydrogen) atoms. The number of rotatable bonds is 9. The third-order valence-corrected chi connectivity index (χ3v) is 4.66. The van der Waals surface area contributed by atoms with E-state index in [1.807, 2.05) is 6.92 Å². The van der Waals surface area contributed by atoms with Crippen LogP contribution in [-0.4, -0.2) is 86.3 Å². The van der Waals surface area contributed by atoms with Gasteiger partial charge in [-0.25, -0.2) is 4.98 Å². The number of amides is 2. The molecule has 0 spiro atoms. The third kappa shape index (κ3) is 7.07. The Hall–Kier alpha value is -1.55. The normalized spacial score (nSPS) is 15.1. The molecule has 1 N–H and O–H groups in total. The van der Waals surface area contributed by atoms with E-state index in [0.29, 0.717) is 11.7 Å². The van der Waals surface area contributed by atoms with Crippen molar-refractivity contribution >= 4 is 28.3 Å². The van der Waals surface area contributed by atoms with Crippen molar-refractivity contribution in [1.29, 1.82) is 0 Å². The number of thiazole rings is 1. The Balaban J connectivity index is 1.81. The van der Waals surface area contributed by atoms with Gasteiger partial charge in [-0.3, -0.25) is 14.5 Å². The number of carbonyl (C=O) groups excluding carboxylic acids is 2. The monoisotopic (exact) mass is 370 g/mol. The van der Waals surface area contributed by atoms with Crippen molar-refractivity contribution in [2.75, 3.05) is 65.0 Å². The van der Waals surface area contributed by atoms with Crippen LogP contribution in [0.1, 0.15) is 11.3 Å². The second-order valence-corrected chi connectivity index (χ2v) is 7.11. The van der Waals surface area contributed by atoms with Crippen molar-refractivity contribution in [3.05, 3.63) is 11.1 Å². The number of anilines is 1. The lowest BCUT2D eigenvalue weighted by Crippen LogP contribution is -2.42. The molecule has 2 rings (SSSR count). The minimum absolute atomic E-state index is 0.00390. The van der Waals surface area contributed by atoms with Crippen LogP contribution < -0.4 is 5.32 Å². The Morgan fingerprint density at radius 3 is 2.84 bits per heavy atom. The van der Waals surface area contributed by atoms with Crippen LogP contribution in [-0.2, 0) is 19.1 Å². The molecule has 0 atom stereocenters. The summed E-state index contributed by atoms with van der Waals surface area (Å²) in [6.07, 6.45) is 2.51. The summed E-state index contributed by atoms with van der Waals surface area (Å²) in [4.78, 5) is 33.4. The predicted molar refractivity (Wildman–Crippen MR) is 95.8 cm³/mol. The molecule has 1 saturated heterocycles. The number of hydrogen-bond acceptors (Lipinski definition) is 7. The summed E-state index contributed by atoms with van der Waals surface area (Å²) < 4.78 is 10.3. The summed E-state index contributed by atoms with van der Waals surface area (Å²) in [5.74, 6) is -0.430. The van der Waals surface area contributed by atoms with Crippen LogP contribution >= 0.6 is 11.3 Å². The van der Waals surface area contributed by atoms with E-state index < -0.39 is 0 Å². The van der Waals surface area contributed by atoms with Crippen molar-refractivity contribution in [2.45, 2.75) is 13.3 Å². The fourth-order valence-corrected chi connectivity index (χ4v) is 3.24. The van der Waals surface area contributed by atoms with E-state index in [2.05, 4.69) is 15.2 Å². The number of aromatic nitrogens is 1. The van der Waals surface area contributed by atoms with Gasteiger partial charge in [0, 0.05) is 44.4 Å². The van der Waals surface area contributed by atoms with Crippen LogP contribution in [0.2, 0.25) is 0 Å². The van der Waals surface area contributed by atoms with Gasteiger partial charge in [-0.05, 0) is 13.3 Å². The van der Waals surface area contributed by atoms with Crippen LogP contribution in [0.4, 0.5) is 5.13 Å². The second-order valence-electron chi connectivity index (χ2n) is 5.88. The van der Waals surface area contributed by atoms with Crippen LogP contribution in [0.25, 0.3) is 0 Å². The number of methoxy groups -OCH3 is 1. The first-order chi connectivity index (χ1) is 12.1. The van der Waals surface area contributed by atoms with E-state index in [1.165, 1.54) is 18.4 Å². The average molecular weight is 370 g/mol. The lowest BCUT2D eigenvalue weighted by Gasteiger charge is -2.28. The number of nitrogens with one attached hydrogen (secondary N) is 1. The van der Waals surface area contributed by atoms with Gasteiger partial charge >= 0.3 is 0 Å². The minimum Gasteiger partial charge on any atom is -0.379 e. The van der Waals surface area contributed by atoms with E-state index in [-0.39, 0.29) is 25.0 Å². The Morgan fingerprint density at radius 1 is 1.44 bits per heavy atom. The summed E-state index contributed by atoms with van der Waals surface area (Å²) in [5, 5.41) is 3.29. The van der Waals surface area contributed by atoms with Crippen molar-refractivity contribution in [1.82, 2.24) is 14.8 Å². The highest BCUT2D eigenvalue weighted by atomic mass is 32.1. The maximum atomic E-state index is 12.2. The highest BCUT2D eigenvalue weighted by Crippen LogP contribution is 2.16. The molecule has 0 saturated carbocycles. The molecular formula is C16H26N4O4S. The molecule has 0 radical (unpaired) electrons. The predicted octanol–water partition coefficient (Wildman–Crippen LogP) is 0.587. The smallest absolute Gasteiger partial charge is 0.249 e. The number of hydrogen-bond donors (Lipinski definition) is 1. The number of morpholine rings is 1. The summed E-state index contributed by atoms with van der Waals surface area (Å²) in [7, 11) is 1.47. The van der Waals surface area contributed by atoms with Gasteiger partial charge in [0.05, 0.1) is 19.8 Å². The lowest BCUT2D eigenvalue weighted by atomic mass is 10.3. The van der Waals surface area contributed by atoms with Gasteiger partial charge in [0.2, 0.25) is 11.8 Å². The van der Waals surface area contributed by atoms with E-state index in [4.69, 9.17) is 9.47 Å². The van der Waals surface area contributed by atoms with Crippen molar-refractivity contribution in [3.63, 3.8) is 0 Å². The number of ether oxygens (including phenoxy) is 2. The number of nitrogens with zero attached hydrogens (tertiary/aromatic N) is 3. The molecule has 1 aromatic rings. The first-order valence-electron chi connectivity index (χ1n) is 8.37. The van der Waals surface area contributed by atoms with Gasteiger partial charge in [-0.15, -0.1) is 11.3 Å². The molecule has 0 bridgehead atoms. The van der Waals surface area contributed by atoms with Crippen LogP contribution in [0, 0.1) is 6.92 Å². The largest absolute Gasteiger partial charge is 0.379 e. The Kier molecular flexibility index (Phi) is 8.26. The summed E-state index contributed by atoms with van der Waals surface area (Å²) in [5.41, 5.74) is 0. The van der Waals surface area contributed by atoms with Gasteiger partial charge in [0.15, 0.2) is 5.13 Å². The molecule has 1 aliphatic heterocycles. The maximum absolute atomic E-state index is 12.2. The van der Waals surface area contributed by atoms with Crippen molar-refractivity contribution in [2.24, 2.45) is 0 Å². The summed E-state index contributed by atoms with van der Waals surface area (Å²) >= 11 is 1.41. The second kappa shape index (κ2) is 10.4. The average Bonchev–Trinajstić information content (AvgIpc) is 3.00. The van der Waals surface area contributed by atoms with E-state index in [0.717, 1.165) is 44.1 Å². The van der Waals surface area contributed by atoms with E-state index in [1.54, 1.807) is 11.1 Å². The summed E-state index contributed by atoms with van der Waals surface area (Å²) in [6, 6.07) is 0. The SMILES string of the molecule is COCC(=O)N(CCCN1CCOCC1)CC(=O)Nc1ncc(C)s1. The molecule has 9 heteroatoms. The van der Waals surface area contributed by atoms with Crippen molar-refractivity contribution in [3.8, 4) is 0 Å². The molecule has 1 fully saturated rings. The zero-order valence-electron chi connectivity index (χ0n) is 14.8. The molecule has 2 amide bonds. The van der Waals surface area contributed by atoms with Gasteiger partial charge in [0.1, 0.15) is 6.61 Å². The van der Waals surface area contributed by atoms with Crippen molar-refractivity contribution < 1.29 is 19.1 Å². The molecule has 8 nitrogen and oxygen atoms in total. The first-order valence-corrected chi connectivity index (χ1v) is 9.19. The fourth-order valence-electron chi connectivity index (χ4n) is 2.56. The lowest BCUT2D eigenvalue weighted by molar-refractivity contribution is -0.138. The van der Waals surface area contributed by atoms with Gasteiger partial charge < -0.3 is 19.7 Å². The Bertz CT molecular complexity index is 560. The standard InChI is InChI=1S/C16H26N4O4S/c1-13-10-17-16(25-13)18-14(21)11-20(15(22)12-23-2)5-3-4-19-6-8-24-9-7-19/h10H,3-9,11-12H2,1-2H3,(H,17,18,21). The molecule has 2 heterocycles. The molecule has 0 unspecified atom stereocenters. The summed E-state index contributed by atoms with van der Waals surface area (Å²) in [6.45, 7) is 6.63. The van der Waals surface area contributed by atoms with E-state index >= 15 is 0 Å². The molecule has 140 valence electrons. The Morgan fingerprint density at radius 2 is 2.20 bits per heavy atom. The first kappa shape index (κ1) is 19.8. The van der Waals surface area contributed by atoms with Crippen LogP contribution in [0.15, 0.2) is 6.20 Å². The van der Waals surface area contributed by atoms with E-state index in [9.17, 15) is 9.59 Å². The van der Waals surface area contributed by atoms with Gasteiger partial charge in [0.25, 0.3) is 0 Å². The fraction of sp³-hybridized carbons (Fsp3) is 0.688. The zero-order chi connectivity index (χ0) is 18.1. The number of aryl methyl sites for hydroxylation is 1. The van der Waals surface area contributed by atoms with Crippen LogP contribution in [0.3, 0.4) is 0 Å². The number of carbonyl (C=O) groups is 2. The quantitative estimate of drug-likeness (QED) is 0.685. The molecular weight excluding hydrogens is 344 g/mol. The van der Waals surface area contributed by atoms with Gasteiger partial charge in [-0.1, -0.05) is 0 Å². The zero-order valence-corrected chi connectivity index (χ0v) is 15.6. The highest BCUT2D eigenvalue weighted by molar-refractivity contribution is 7.15. The molecule has 1 aromatic heterocycles. The van der Waals surface area contributed by atoms with Gasteiger partial charge in [-0.2, -0.15) is 0 Å². The molecule has 1 aliphatic rings. The maximum Gasteiger partial charge on any atom is 0.249 e. The van der Waals surface area contributed by atoms with Crippen LogP contribution in [0.5, 0.6) is 0 Å². The topological polar surface area (TPSA) is 84.0 Å². The minimum atomic E-state index is -0.245. The molecule has 0 aliphatic carbocycles. The molecule has 0 aromatic carbocycles.